The van der Waals surface area contributed by atoms with Gasteiger partial charge in [-0.1, -0.05) is 17.3 Å². The lowest BCUT2D eigenvalue weighted by molar-refractivity contribution is 0.390. The van der Waals surface area contributed by atoms with Crippen molar-refractivity contribution in [3.63, 3.8) is 0 Å². The van der Waals surface area contributed by atoms with E-state index in [0.717, 1.165) is 5.56 Å². The van der Waals surface area contributed by atoms with Crippen LogP contribution >= 0.6 is 11.3 Å². The van der Waals surface area contributed by atoms with E-state index in [0.29, 0.717) is 27.7 Å². The average molecular weight is 416 g/mol. The molecule has 0 aliphatic heterocycles. The minimum absolute atomic E-state index is 0.0356. The quantitative estimate of drug-likeness (QED) is 0.548. The zero-order chi connectivity index (χ0) is 20.1. The molecule has 0 spiro atoms. The number of rotatable bonds is 4. The standard InChI is InChI=1S/C18H16N4O4S2/c1-10-8-16(23)22-15(9-27-18(22)19-10)13-4-6-14(7-5-13)21-28(24,25)17-11(2)20-26-12(17)3/h4-9,21H,1-3H3. The molecule has 0 atom stereocenters. The van der Waals surface area contributed by atoms with Crippen LogP contribution in [0.25, 0.3) is 16.2 Å². The molecule has 8 nitrogen and oxygen atoms in total. The van der Waals surface area contributed by atoms with Crippen molar-refractivity contribution in [2.75, 3.05) is 4.72 Å². The Bertz CT molecular complexity index is 1330. The van der Waals surface area contributed by atoms with Gasteiger partial charge in [-0.25, -0.2) is 13.4 Å². The molecule has 0 aliphatic carbocycles. The first-order chi connectivity index (χ1) is 13.3. The maximum absolute atomic E-state index is 12.6. The number of hydrogen-bond acceptors (Lipinski definition) is 7. The molecule has 4 aromatic rings. The number of sulfonamides is 1. The molecule has 0 saturated carbocycles. The predicted octanol–water partition coefficient (Wildman–Crippen LogP) is 3.14. The van der Waals surface area contributed by atoms with Crippen molar-refractivity contribution in [2.24, 2.45) is 0 Å². The fourth-order valence-electron chi connectivity index (χ4n) is 3.00. The van der Waals surface area contributed by atoms with E-state index in [9.17, 15) is 13.2 Å². The van der Waals surface area contributed by atoms with Crippen LogP contribution in [0.3, 0.4) is 0 Å². The van der Waals surface area contributed by atoms with Crippen molar-refractivity contribution in [2.45, 2.75) is 25.7 Å². The molecule has 1 aromatic carbocycles. The van der Waals surface area contributed by atoms with E-state index in [1.807, 2.05) is 5.38 Å². The lowest BCUT2D eigenvalue weighted by atomic mass is 10.1. The number of thiazole rings is 1. The first kappa shape index (κ1) is 18.4. The third kappa shape index (κ3) is 3.10. The van der Waals surface area contributed by atoms with Crippen LogP contribution in [-0.4, -0.2) is 23.0 Å². The Morgan fingerprint density at radius 2 is 1.86 bits per heavy atom. The maximum Gasteiger partial charge on any atom is 0.267 e. The van der Waals surface area contributed by atoms with E-state index in [1.165, 1.54) is 17.4 Å². The fraction of sp³-hybridized carbons (Fsp3) is 0.167. The van der Waals surface area contributed by atoms with Crippen LogP contribution in [0, 0.1) is 20.8 Å². The van der Waals surface area contributed by atoms with Crippen molar-refractivity contribution in [3.05, 3.63) is 63.2 Å². The van der Waals surface area contributed by atoms with Crippen LogP contribution in [-0.2, 0) is 10.0 Å². The summed E-state index contributed by atoms with van der Waals surface area (Å²) < 4.78 is 34.2. The topological polar surface area (TPSA) is 107 Å². The van der Waals surface area contributed by atoms with Gasteiger partial charge in [0.2, 0.25) is 0 Å². The van der Waals surface area contributed by atoms with Crippen LogP contribution in [0.15, 0.2) is 49.9 Å². The molecule has 0 bridgehead atoms. The molecule has 0 radical (unpaired) electrons. The molecule has 3 aromatic heterocycles. The minimum atomic E-state index is -3.81. The molecule has 0 amide bonds. The maximum atomic E-state index is 12.6. The van der Waals surface area contributed by atoms with Gasteiger partial charge < -0.3 is 4.52 Å². The number of nitrogens with zero attached hydrogens (tertiary/aromatic N) is 3. The molecule has 3 heterocycles. The number of benzene rings is 1. The number of aromatic nitrogens is 3. The van der Waals surface area contributed by atoms with Crippen LogP contribution in [0.4, 0.5) is 5.69 Å². The van der Waals surface area contributed by atoms with Gasteiger partial charge in [-0.05, 0) is 38.5 Å². The Balaban J connectivity index is 1.68. The summed E-state index contributed by atoms with van der Waals surface area (Å²) in [7, 11) is -3.81. The number of nitrogens with one attached hydrogen (secondary N) is 1. The van der Waals surface area contributed by atoms with E-state index in [1.54, 1.807) is 49.4 Å². The summed E-state index contributed by atoms with van der Waals surface area (Å²) in [6.45, 7) is 4.90. The van der Waals surface area contributed by atoms with Crippen LogP contribution in [0.5, 0.6) is 0 Å². The van der Waals surface area contributed by atoms with Crippen molar-refractivity contribution in [1.29, 1.82) is 0 Å². The first-order valence-electron chi connectivity index (χ1n) is 8.30. The second-order valence-electron chi connectivity index (χ2n) is 6.31. The third-order valence-electron chi connectivity index (χ3n) is 4.20. The third-order valence-corrected chi connectivity index (χ3v) is 6.65. The van der Waals surface area contributed by atoms with Crippen molar-refractivity contribution in [3.8, 4) is 11.3 Å². The molecule has 10 heteroatoms. The predicted molar refractivity (Wildman–Crippen MR) is 106 cm³/mol. The molecular formula is C18H16N4O4S2. The summed E-state index contributed by atoms with van der Waals surface area (Å²) in [5.41, 5.74) is 2.69. The Morgan fingerprint density at radius 1 is 1.14 bits per heavy atom. The van der Waals surface area contributed by atoms with Crippen LogP contribution in [0.1, 0.15) is 17.1 Å². The fourth-order valence-corrected chi connectivity index (χ4v) is 5.34. The molecule has 0 unspecified atom stereocenters. The van der Waals surface area contributed by atoms with Crippen LogP contribution < -0.4 is 10.3 Å². The van der Waals surface area contributed by atoms with Gasteiger partial charge in [0.05, 0.1) is 5.69 Å². The Kier molecular flexibility index (Phi) is 4.31. The highest BCUT2D eigenvalue weighted by Crippen LogP contribution is 2.27. The highest BCUT2D eigenvalue weighted by Gasteiger charge is 2.24. The van der Waals surface area contributed by atoms with Crippen LogP contribution in [0.2, 0.25) is 0 Å². The molecule has 0 aliphatic rings. The molecule has 1 N–H and O–H groups in total. The Hall–Kier alpha value is -2.98. The Labute approximate surface area is 164 Å². The smallest absolute Gasteiger partial charge is 0.267 e. The lowest BCUT2D eigenvalue weighted by Crippen LogP contribution is -2.15. The van der Waals surface area contributed by atoms with Gasteiger partial charge in [-0.2, -0.15) is 0 Å². The van der Waals surface area contributed by atoms with Gasteiger partial charge in [0.25, 0.3) is 15.6 Å². The lowest BCUT2D eigenvalue weighted by Gasteiger charge is -2.08. The van der Waals surface area contributed by atoms with Gasteiger partial charge in [-0.3, -0.25) is 13.9 Å². The summed E-state index contributed by atoms with van der Waals surface area (Å²) >= 11 is 1.38. The first-order valence-corrected chi connectivity index (χ1v) is 10.7. The van der Waals surface area contributed by atoms with Gasteiger partial charge >= 0.3 is 0 Å². The summed E-state index contributed by atoms with van der Waals surface area (Å²) in [5.74, 6) is 0.230. The van der Waals surface area contributed by atoms with Crippen molar-refractivity contribution >= 4 is 32.0 Å². The monoisotopic (exact) mass is 416 g/mol. The Morgan fingerprint density at radius 3 is 2.50 bits per heavy atom. The molecule has 4 rings (SSSR count). The molecule has 28 heavy (non-hydrogen) atoms. The van der Waals surface area contributed by atoms with Crippen molar-refractivity contribution in [1.82, 2.24) is 14.5 Å². The number of aryl methyl sites for hydroxylation is 3. The molecular weight excluding hydrogens is 400 g/mol. The van der Waals surface area contributed by atoms with Crippen molar-refractivity contribution < 1.29 is 12.9 Å². The van der Waals surface area contributed by atoms with Gasteiger partial charge in [0, 0.05) is 22.8 Å². The largest absolute Gasteiger partial charge is 0.360 e. The number of hydrogen-bond donors (Lipinski definition) is 1. The van der Waals surface area contributed by atoms with Gasteiger partial charge in [-0.15, -0.1) is 11.3 Å². The van der Waals surface area contributed by atoms with E-state index in [4.69, 9.17) is 4.52 Å². The summed E-state index contributed by atoms with van der Waals surface area (Å²) in [5, 5.41) is 5.54. The zero-order valence-corrected chi connectivity index (χ0v) is 16.9. The highest BCUT2D eigenvalue weighted by molar-refractivity contribution is 7.92. The summed E-state index contributed by atoms with van der Waals surface area (Å²) in [6.07, 6.45) is 0. The molecule has 0 saturated heterocycles. The van der Waals surface area contributed by atoms with E-state index in [-0.39, 0.29) is 16.2 Å². The molecule has 144 valence electrons. The minimum Gasteiger partial charge on any atom is -0.360 e. The zero-order valence-electron chi connectivity index (χ0n) is 15.3. The van der Waals surface area contributed by atoms with E-state index < -0.39 is 10.0 Å². The normalized spacial score (nSPS) is 11.8. The second kappa shape index (κ2) is 6.57. The molecule has 0 fully saturated rings. The highest BCUT2D eigenvalue weighted by atomic mass is 32.2. The SMILES string of the molecule is Cc1cc(=O)n2c(-c3ccc(NS(=O)(=O)c4c(C)noc4C)cc3)csc2n1. The van der Waals surface area contributed by atoms with E-state index >= 15 is 0 Å². The van der Waals surface area contributed by atoms with Gasteiger partial charge in [0.15, 0.2) is 15.6 Å². The number of fused-ring (bicyclic) bond motifs is 1. The van der Waals surface area contributed by atoms with Gasteiger partial charge in [0.1, 0.15) is 5.69 Å². The number of anilines is 1. The van der Waals surface area contributed by atoms with E-state index in [2.05, 4.69) is 14.9 Å². The summed E-state index contributed by atoms with van der Waals surface area (Å²) in [4.78, 5) is 17.3. The average Bonchev–Trinajstić information content (AvgIpc) is 3.19. The second-order valence-corrected chi connectivity index (χ2v) is 8.77. The summed E-state index contributed by atoms with van der Waals surface area (Å²) in [6, 6.07) is 8.26.